The lowest BCUT2D eigenvalue weighted by Crippen LogP contribution is -2.47. The van der Waals surface area contributed by atoms with Crippen molar-refractivity contribution in [3.63, 3.8) is 0 Å². The van der Waals surface area contributed by atoms with E-state index in [0.29, 0.717) is 12.8 Å². The number of nitrogens with zero attached hydrogens (tertiary/aromatic N) is 2. The Hall–Kier alpha value is -2.02. The first kappa shape index (κ1) is 19.7. The highest BCUT2D eigenvalue weighted by molar-refractivity contribution is 7.90. The minimum absolute atomic E-state index is 0.145. The number of hydrogen-bond donors (Lipinski definition) is 1. The topological polar surface area (TPSA) is 145 Å². The van der Waals surface area contributed by atoms with E-state index in [2.05, 4.69) is 9.89 Å². The fraction of sp³-hybridized carbons (Fsp3) is 0.467. The molecule has 2 heterocycles. The van der Waals surface area contributed by atoms with Crippen LogP contribution in [0.5, 0.6) is 0 Å². The fourth-order valence-corrected chi connectivity index (χ4v) is 5.23. The van der Waals surface area contributed by atoms with Crippen LogP contribution in [-0.4, -0.2) is 58.6 Å². The van der Waals surface area contributed by atoms with Crippen LogP contribution in [0.1, 0.15) is 19.3 Å². The van der Waals surface area contributed by atoms with Gasteiger partial charge in [0.1, 0.15) is 5.60 Å². The molecule has 3 rings (SSSR count). The summed E-state index contributed by atoms with van der Waals surface area (Å²) in [6.07, 6.45) is 0.935. The lowest BCUT2D eigenvalue weighted by atomic mass is 9.88. The Morgan fingerprint density at radius 2 is 1.85 bits per heavy atom. The van der Waals surface area contributed by atoms with Crippen molar-refractivity contribution in [1.82, 2.24) is 4.31 Å². The van der Waals surface area contributed by atoms with Crippen LogP contribution in [-0.2, 0) is 34.4 Å². The molecule has 0 amide bonds. The zero-order valence-corrected chi connectivity index (χ0v) is 16.1. The summed E-state index contributed by atoms with van der Waals surface area (Å²) in [7, 11) is -6.66. The number of oxime groups is 1. The van der Waals surface area contributed by atoms with Crippen molar-refractivity contribution < 1.29 is 31.2 Å². The van der Waals surface area contributed by atoms with Crippen molar-refractivity contribution in [3.05, 3.63) is 24.3 Å². The minimum Gasteiger partial charge on any atom is -0.464 e. The third-order valence-corrected chi connectivity index (χ3v) is 7.47. The third kappa shape index (κ3) is 3.83. The van der Waals surface area contributed by atoms with E-state index in [-0.39, 0.29) is 35.0 Å². The monoisotopic (exact) mass is 417 g/mol. The van der Waals surface area contributed by atoms with Crippen molar-refractivity contribution in [3.8, 4) is 0 Å². The molecule has 1 aromatic carbocycles. The molecular formula is C15H19N3O7S2. The van der Waals surface area contributed by atoms with E-state index in [0.717, 1.165) is 6.07 Å². The maximum absolute atomic E-state index is 12.8. The molecule has 0 aromatic heterocycles. The molecule has 0 saturated carbocycles. The standard InChI is InChI=1S/C15H19N3O7S2/c1-24-14(19)13-10-15(25-17-13)5-7-18(8-6-15)27(22,23)12-4-2-3-11(9-12)26(16,20)21/h2-4,9H,5-8,10H2,1H3,(H2,16,20,21). The molecule has 148 valence electrons. The molecule has 2 aliphatic heterocycles. The highest BCUT2D eigenvalue weighted by atomic mass is 32.2. The predicted octanol–water partition coefficient (Wildman–Crippen LogP) is -0.193. The van der Waals surface area contributed by atoms with Gasteiger partial charge in [-0.15, -0.1) is 0 Å². The van der Waals surface area contributed by atoms with Crippen molar-refractivity contribution in [2.45, 2.75) is 34.7 Å². The average molecular weight is 417 g/mol. The summed E-state index contributed by atoms with van der Waals surface area (Å²) >= 11 is 0. The van der Waals surface area contributed by atoms with Crippen LogP contribution in [0.2, 0.25) is 0 Å². The van der Waals surface area contributed by atoms with E-state index >= 15 is 0 Å². The van der Waals surface area contributed by atoms with Gasteiger partial charge >= 0.3 is 5.97 Å². The summed E-state index contributed by atoms with van der Waals surface area (Å²) in [5.74, 6) is -0.568. The Kier molecular flexibility index (Phi) is 5.01. The van der Waals surface area contributed by atoms with Gasteiger partial charge in [0.15, 0.2) is 5.71 Å². The highest BCUT2D eigenvalue weighted by Gasteiger charge is 2.46. The molecule has 0 unspecified atom stereocenters. The quantitative estimate of drug-likeness (QED) is 0.668. The number of carbonyl (C=O) groups is 1. The van der Waals surface area contributed by atoms with E-state index in [9.17, 15) is 21.6 Å². The molecule has 0 radical (unpaired) electrons. The van der Waals surface area contributed by atoms with Gasteiger partial charge in [-0.1, -0.05) is 11.2 Å². The number of esters is 1. The third-order valence-electron chi connectivity index (χ3n) is 4.67. The first-order valence-electron chi connectivity index (χ1n) is 8.04. The van der Waals surface area contributed by atoms with Crippen molar-refractivity contribution in [2.24, 2.45) is 10.3 Å². The molecule has 0 atom stereocenters. The van der Waals surface area contributed by atoms with Crippen molar-refractivity contribution >= 4 is 31.7 Å². The Bertz CT molecular complexity index is 994. The lowest BCUT2D eigenvalue weighted by Gasteiger charge is -2.36. The maximum Gasteiger partial charge on any atom is 0.355 e. The summed E-state index contributed by atoms with van der Waals surface area (Å²) in [4.78, 5) is 16.6. The SMILES string of the molecule is COC(=O)C1=NOC2(CCN(S(=O)(=O)c3cccc(S(N)(=O)=O)c3)CC2)C1. The van der Waals surface area contributed by atoms with Crippen LogP contribution >= 0.6 is 0 Å². The Balaban J connectivity index is 1.74. The second kappa shape index (κ2) is 6.86. The molecule has 2 aliphatic rings. The van der Waals surface area contributed by atoms with Gasteiger partial charge < -0.3 is 9.57 Å². The van der Waals surface area contributed by atoms with Gasteiger partial charge in [0, 0.05) is 32.4 Å². The molecule has 1 spiro atoms. The van der Waals surface area contributed by atoms with Gasteiger partial charge in [-0.05, 0) is 18.2 Å². The number of primary sulfonamides is 1. The summed E-state index contributed by atoms with van der Waals surface area (Å²) in [5.41, 5.74) is -0.549. The number of carbonyl (C=O) groups excluding carboxylic acids is 1. The van der Waals surface area contributed by atoms with Crippen LogP contribution in [0.3, 0.4) is 0 Å². The zero-order valence-electron chi connectivity index (χ0n) is 14.5. The number of nitrogens with two attached hydrogens (primary N) is 1. The van der Waals surface area contributed by atoms with E-state index in [4.69, 9.17) is 9.98 Å². The first-order valence-corrected chi connectivity index (χ1v) is 11.0. The molecule has 2 N–H and O–H groups in total. The fourth-order valence-electron chi connectivity index (χ4n) is 3.11. The van der Waals surface area contributed by atoms with Crippen LogP contribution in [0.25, 0.3) is 0 Å². The summed E-state index contributed by atoms with van der Waals surface area (Å²) in [5, 5.41) is 8.83. The van der Waals surface area contributed by atoms with E-state index in [1.165, 1.54) is 29.6 Å². The van der Waals surface area contributed by atoms with Crippen molar-refractivity contribution in [1.29, 1.82) is 0 Å². The van der Waals surface area contributed by atoms with Gasteiger partial charge in [0.2, 0.25) is 20.0 Å². The number of sulfonamides is 2. The van der Waals surface area contributed by atoms with Crippen LogP contribution < -0.4 is 5.14 Å². The molecule has 0 aliphatic carbocycles. The first-order chi connectivity index (χ1) is 12.6. The number of benzene rings is 1. The normalized spacial score (nSPS) is 20.1. The number of rotatable bonds is 4. The molecular weight excluding hydrogens is 398 g/mol. The zero-order chi connectivity index (χ0) is 19.9. The number of ether oxygens (including phenoxy) is 1. The van der Waals surface area contributed by atoms with E-state index < -0.39 is 31.6 Å². The van der Waals surface area contributed by atoms with E-state index in [1.54, 1.807) is 0 Å². The second-order valence-electron chi connectivity index (χ2n) is 6.40. The number of methoxy groups -OCH3 is 1. The molecule has 27 heavy (non-hydrogen) atoms. The molecule has 1 fully saturated rings. The van der Waals surface area contributed by atoms with Crippen molar-refractivity contribution in [2.75, 3.05) is 20.2 Å². The predicted molar refractivity (Wildman–Crippen MR) is 93.7 cm³/mol. The average Bonchev–Trinajstić information content (AvgIpc) is 3.04. The van der Waals surface area contributed by atoms with Gasteiger partial charge in [-0.3, -0.25) is 0 Å². The number of hydrogen-bond acceptors (Lipinski definition) is 8. The van der Waals surface area contributed by atoms with Gasteiger partial charge in [-0.2, -0.15) is 4.31 Å². The number of piperidine rings is 1. The Labute approximate surface area is 157 Å². The van der Waals surface area contributed by atoms with Gasteiger partial charge in [-0.25, -0.2) is 26.8 Å². The van der Waals surface area contributed by atoms with Gasteiger partial charge in [0.25, 0.3) is 0 Å². The van der Waals surface area contributed by atoms with Gasteiger partial charge in [0.05, 0.1) is 16.9 Å². The van der Waals surface area contributed by atoms with Crippen LogP contribution in [0.15, 0.2) is 39.2 Å². The lowest BCUT2D eigenvalue weighted by molar-refractivity contribution is -0.132. The molecule has 1 saturated heterocycles. The summed E-state index contributed by atoms with van der Waals surface area (Å²) in [6, 6.07) is 4.92. The second-order valence-corrected chi connectivity index (χ2v) is 9.90. The smallest absolute Gasteiger partial charge is 0.355 e. The molecule has 10 nitrogen and oxygen atoms in total. The largest absolute Gasteiger partial charge is 0.464 e. The van der Waals surface area contributed by atoms with Crippen LogP contribution in [0.4, 0.5) is 0 Å². The summed E-state index contributed by atoms with van der Waals surface area (Å²) in [6.45, 7) is 0.290. The Morgan fingerprint density at radius 3 is 2.44 bits per heavy atom. The minimum atomic E-state index is -4.01. The van der Waals surface area contributed by atoms with Crippen LogP contribution in [0, 0.1) is 0 Å². The molecule has 1 aromatic rings. The highest BCUT2D eigenvalue weighted by Crippen LogP contribution is 2.36. The maximum atomic E-state index is 12.8. The van der Waals surface area contributed by atoms with E-state index in [1.807, 2.05) is 0 Å². The molecule has 0 bridgehead atoms. The molecule has 12 heteroatoms. The Morgan fingerprint density at radius 1 is 1.22 bits per heavy atom. The summed E-state index contributed by atoms with van der Waals surface area (Å²) < 4.78 is 54.5.